The smallest absolute Gasteiger partial charge is 0.267 e. The predicted molar refractivity (Wildman–Crippen MR) is 136 cm³/mol. The van der Waals surface area contributed by atoms with E-state index in [1.54, 1.807) is 17.0 Å². The molecular formula is C25H20F2N4O3S2. The molecule has 1 N–H and O–H groups in total. The Kier molecular flexibility index (Phi) is 6.59. The number of para-hydroxylation sites is 1. The number of amides is 2. The number of thiophene rings is 1. The Hall–Kier alpha value is -3.57. The molecule has 3 heterocycles. The summed E-state index contributed by atoms with van der Waals surface area (Å²) >= 11 is 2.45. The normalized spacial score (nSPS) is 13.0. The van der Waals surface area contributed by atoms with Crippen molar-refractivity contribution in [2.24, 2.45) is 0 Å². The van der Waals surface area contributed by atoms with Crippen molar-refractivity contribution in [3.8, 4) is 5.69 Å². The molecule has 0 atom stereocenters. The second kappa shape index (κ2) is 9.82. The van der Waals surface area contributed by atoms with Gasteiger partial charge in [0.2, 0.25) is 11.8 Å². The molecule has 11 heteroatoms. The summed E-state index contributed by atoms with van der Waals surface area (Å²) in [5.41, 5.74) is 1.43. The number of carbonyl (C=O) groups excluding carboxylic acids is 2. The molecule has 0 unspecified atom stereocenters. The van der Waals surface area contributed by atoms with Gasteiger partial charge in [0.05, 0.1) is 23.4 Å². The Morgan fingerprint density at radius 3 is 2.64 bits per heavy atom. The Morgan fingerprint density at radius 2 is 1.92 bits per heavy atom. The van der Waals surface area contributed by atoms with Crippen molar-refractivity contribution >= 4 is 50.8 Å². The van der Waals surface area contributed by atoms with Crippen molar-refractivity contribution in [3.63, 3.8) is 0 Å². The lowest BCUT2D eigenvalue weighted by Gasteiger charge is -2.25. The first-order valence-electron chi connectivity index (χ1n) is 11.1. The molecule has 36 heavy (non-hydrogen) atoms. The number of benzene rings is 2. The van der Waals surface area contributed by atoms with Crippen LogP contribution >= 0.6 is 23.1 Å². The Morgan fingerprint density at radius 1 is 1.14 bits per heavy atom. The van der Waals surface area contributed by atoms with Crippen LogP contribution in [0.15, 0.2) is 58.5 Å². The van der Waals surface area contributed by atoms with E-state index in [1.807, 2.05) is 18.2 Å². The van der Waals surface area contributed by atoms with Gasteiger partial charge in [0.15, 0.2) is 16.8 Å². The van der Waals surface area contributed by atoms with Crippen molar-refractivity contribution in [1.82, 2.24) is 14.5 Å². The molecule has 0 aliphatic carbocycles. The third kappa shape index (κ3) is 4.63. The number of thioether (sulfide) groups is 1. The largest absolute Gasteiger partial charge is 0.337 e. The molecule has 1 aliphatic rings. The van der Waals surface area contributed by atoms with Crippen molar-refractivity contribution in [2.75, 3.05) is 17.6 Å². The van der Waals surface area contributed by atoms with E-state index in [9.17, 15) is 23.2 Å². The van der Waals surface area contributed by atoms with Crippen LogP contribution in [-0.4, -0.2) is 38.6 Å². The topological polar surface area (TPSA) is 84.3 Å². The van der Waals surface area contributed by atoms with Gasteiger partial charge in [0, 0.05) is 30.1 Å². The van der Waals surface area contributed by atoms with Crippen LogP contribution in [0.5, 0.6) is 0 Å². The zero-order valence-electron chi connectivity index (χ0n) is 19.1. The van der Waals surface area contributed by atoms with Crippen LogP contribution in [0.2, 0.25) is 0 Å². The van der Waals surface area contributed by atoms with Gasteiger partial charge in [-0.3, -0.25) is 19.0 Å². The van der Waals surface area contributed by atoms with Gasteiger partial charge in [-0.05, 0) is 36.2 Å². The van der Waals surface area contributed by atoms with Crippen molar-refractivity contribution in [2.45, 2.75) is 25.0 Å². The molecule has 0 saturated heterocycles. The first kappa shape index (κ1) is 24.1. The van der Waals surface area contributed by atoms with Crippen LogP contribution in [0.1, 0.15) is 17.4 Å². The summed E-state index contributed by atoms with van der Waals surface area (Å²) in [6.45, 7) is 2.51. The van der Waals surface area contributed by atoms with Crippen LogP contribution in [0.4, 0.5) is 14.5 Å². The monoisotopic (exact) mass is 526 g/mol. The van der Waals surface area contributed by atoms with Gasteiger partial charge in [-0.15, -0.1) is 11.3 Å². The fourth-order valence-electron chi connectivity index (χ4n) is 4.10. The Bertz CT molecular complexity index is 1550. The molecule has 0 spiro atoms. The molecule has 2 amide bonds. The highest BCUT2D eigenvalue weighted by Gasteiger charge is 2.26. The summed E-state index contributed by atoms with van der Waals surface area (Å²) in [6, 6.07) is 12.1. The zero-order valence-corrected chi connectivity index (χ0v) is 20.7. The van der Waals surface area contributed by atoms with Gasteiger partial charge in [-0.2, -0.15) is 0 Å². The lowest BCUT2D eigenvalue weighted by Crippen LogP contribution is -2.34. The summed E-state index contributed by atoms with van der Waals surface area (Å²) in [7, 11) is 0. The van der Waals surface area contributed by atoms with E-state index in [1.165, 1.54) is 28.9 Å². The third-order valence-electron chi connectivity index (χ3n) is 5.84. The Balaban J connectivity index is 1.50. The first-order chi connectivity index (χ1) is 17.3. The average molecular weight is 527 g/mol. The second-order valence-electron chi connectivity index (χ2n) is 8.21. The molecule has 0 saturated carbocycles. The predicted octanol–water partition coefficient (Wildman–Crippen LogP) is 4.36. The molecule has 1 aliphatic heterocycles. The van der Waals surface area contributed by atoms with E-state index in [-0.39, 0.29) is 22.9 Å². The van der Waals surface area contributed by atoms with E-state index in [4.69, 9.17) is 4.98 Å². The van der Waals surface area contributed by atoms with Crippen molar-refractivity contribution in [1.29, 1.82) is 0 Å². The minimum absolute atomic E-state index is 0.0175. The lowest BCUT2D eigenvalue weighted by molar-refractivity contribution is -0.129. The maximum absolute atomic E-state index is 13.8. The van der Waals surface area contributed by atoms with Gasteiger partial charge < -0.3 is 10.2 Å². The number of aromatic nitrogens is 2. The molecular weight excluding hydrogens is 506 g/mol. The number of halogens is 2. The number of hydrogen-bond acceptors (Lipinski definition) is 6. The van der Waals surface area contributed by atoms with E-state index in [2.05, 4.69) is 5.32 Å². The van der Waals surface area contributed by atoms with Gasteiger partial charge >= 0.3 is 0 Å². The number of carbonyl (C=O) groups is 2. The quantitative estimate of drug-likeness (QED) is 0.309. The maximum Gasteiger partial charge on any atom is 0.267 e. The molecule has 0 fully saturated rings. The third-order valence-corrected chi connectivity index (χ3v) is 7.89. The standard InChI is InChI=1S/C25H20F2N4O3S2/c1-14(32)30-10-9-17-20(12-30)36-23-22(17)24(34)31(16-5-3-2-4-6-16)25(29-23)35-13-21(33)28-15-7-8-18(26)19(27)11-15/h2-8,11H,9-10,12-13H2,1H3,(H,28,33). The number of rotatable bonds is 5. The van der Waals surface area contributed by atoms with Gasteiger partial charge in [0.25, 0.3) is 5.56 Å². The first-order valence-corrected chi connectivity index (χ1v) is 12.9. The van der Waals surface area contributed by atoms with Gasteiger partial charge in [-0.25, -0.2) is 13.8 Å². The number of nitrogens with one attached hydrogen (secondary N) is 1. The van der Waals surface area contributed by atoms with Gasteiger partial charge in [-0.1, -0.05) is 30.0 Å². The molecule has 2 aromatic heterocycles. The van der Waals surface area contributed by atoms with Crippen LogP contribution in [-0.2, 0) is 22.6 Å². The van der Waals surface area contributed by atoms with Crippen LogP contribution in [0.3, 0.4) is 0 Å². The fourth-order valence-corrected chi connectivity index (χ4v) is 6.18. The highest BCUT2D eigenvalue weighted by molar-refractivity contribution is 7.99. The number of anilines is 1. The summed E-state index contributed by atoms with van der Waals surface area (Å²) < 4.78 is 28.1. The summed E-state index contributed by atoms with van der Waals surface area (Å²) in [6.07, 6.45) is 0.573. The fraction of sp³-hybridized carbons (Fsp3) is 0.200. The second-order valence-corrected chi connectivity index (χ2v) is 10.2. The zero-order chi connectivity index (χ0) is 25.4. The minimum Gasteiger partial charge on any atom is -0.337 e. The summed E-state index contributed by atoms with van der Waals surface area (Å²) in [5.74, 6) is -2.64. The molecule has 2 aromatic carbocycles. The number of hydrogen-bond donors (Lipinski definition) is 1. The number of fused-ring (bicyclic) bond motifs is 3. The summed E-state index contributed by atoms with van der Waals surface area (Å²) in [5, 5.41) is 3.40. The molecule has 0 bridgehead atoms. The molecule has 184 valence electrons. The maximum atomic E-state index is 13.8. The van der Waals surface area contributed by atoms with Crippen LogP contribution < -0.4 is 10.9 Å². The molecule has 5 rings (SSSR count). The highest BCUT2D eigenvalue weighted by atomic mass is 32.2. The minimum atomic E-state index is -1.06. The van der Waals surface area contributed by atoms with Crippen molar-refractivity contribution in [3.05, 3.63) is 81.0 Å². The average Bonchev–Trinajstić information content (AvgIpc) is 3.23. The lowest BCUT2D eigenvalue weighted by atomic mass is 10.1. The van der Waals surface area contributed by atoms with Crippen LogP contribution in [0.25, 0.3) is 15.9 Å². The van der Waals surface area contributed by atoms with E-state index < -0.39 is 17.5 Å². The van der Waals surface area contributed by atoms with Crippen LogP contribution in [0, 0.1) is 11.6 Å². The van der Waals surface area contributed by atoms with Crippen molar-refractivity contribution < 1.29 is 18.4 Å². The molecule has 0 radical (unpaired) electrons. The molecule has 4 aromatic rings. The summed E-state index contributed by atoms with van der Waals surface area (Å²) in [4.78, 5) is 46.2. The molecule has 7 nitrogen and oxygen atoms in total. The van der Waals surface area contributed by atoms with E-state index in [0.29, 0.717) is 40.6 Å². The Labute approximate surface area is 212 Å². The van der Waals surface area contributed by atoms with Gasteiger partial charge in [0.1, 0.15) is 4.83 Å². The SMILES string of the molecule is CC(=O)N1CCc2c(sc3nc(SCC(=O)Nc4ccc(F)c(F)c4)n(-c4ccccc4)c(=O)c23)C1. The van der Waals surface area contributed by atoms with E-state index >= 15 is 0 Å². The highest BCUT2D eigenvalue weighted by Crippen LogP contribution is 2.34. The number of nitrogens with zero attached hydrogens (tertiary/aromatic N) is 3. The van der Waals surface area contributed by atoms with E-state index in [0.717, 1.165) is 34.3 Å².